The van der Waals surface area contributed by atoms with E-state index in [1.807, 2.05) is 0 Å². The zero-order valence-electron chi connectivity index (χ0n) is 51.9. The number of ether oxygens (including phenoxy) is 3. The zero-order chi connectivity index (χ0) is 56.4. The van der Waals surface area contributed by atoms with Gasteiger partial charge in [-0.05, 0) is 89.9 Å². The van der Waals surface area contributed by atoms with Crippen molar-refractivity contribution in [2.75, 3.05) is 13.2 Å². The molecule has 6 heteroatoms. The smallest absolute Gasteiger partial charge is 0.306 e. The third-order valence-corrected chi connectivity index (χ3v) is 14.9. The van der Waals surface area contributed by atoms with Crippen LogP contribution in [-0.4, -0.2) is 37.2 Å². The average molecular weight is 1090 g/mol. The van der Waals surface area contributed by atoms with Gasteiger partial charge in [-0.15, -0.1) is 0 Å². The standard InChI is InChI=1S/C72H128O6/c1-4-7-10-13-16-19-21-23-25-27-28-29-30-31-32-33-34-35-36-37-38-39-40-41-42-43-44-46-47-49-51-53-56-59-62-65-71(74)77-68-69(67-76-70(73)64-61-58-55-18-15-12-9-6-3)78-72(75)66-63-60-57-54-52-50-48-45-26-24-22-20-17-14-11-8-5-2/h8,11,17,20-21,23-24,26-28,48,50,69H,4-7,9-10,12-16,18-19,22,25,29-47,49,51-68H2,1-3H3/b11-8-,20-17-,23-21-,26-24-,28-27-,50-48-. The van der Waals surface area contributed by atoms with Crippen molar-refractivity contribution in [2.24, 2.45) is 0 Å². The normalized spacial score (nSPS) is 12.5. The number of esters is 3. The molecule has 0 aromatic rings. The summed E-state index contributed by atoms with van der Waals surface area (Å²) in [4.78, 5) is 38.1. The molecule has 452 valence electrons. The monoisotopic (exact) mass is 1090 g/mol. The lowest BCUT2D eigenvalue weighted by Crippen LogP contribution is -2.30. The van der Waals surface area contributed by atoms with E-state index >= 15 is 0 Å². The second-order valence-electron chi connectivity index (χ2n) is 22.7. The first-order valence-electron chi connectivity index (χ1n) is 33.9. The molecule has 0 saturated heterocycles. The molecule has 0 aromatic carbocycles. The molecule has 0 aliphatic heterocycles. The molecule has 0 bridgehead atoms. The van der Waals surface area contributed by atoms with E-state index in [0.29, 0.717) is 19.3 Å². The van der Waals surface area contributed by atoms with Gasteiger partial charge in [-0.1, -0.05) is 312 Å². The van der Waals surface area contributed by atoms with E-state index in [1.165, 1.54) is 205 Å². The predicted octanol–water partition coefficient (Wildman–Crippen LogP) is 23.3. The summed E-state index contributed by atoms with van der Waals surface area (Å²) in [6.07, 6.45) is 86.8. The van der Waals surface area contributed by atoms with Crippen LogP contribution in [0.2, 0.25) is 0 Å². The van der Waals surface area contributed by atoms with Crippen LogP contribution in [-0.2, 0) is 28.6 Å². The van der Waals surface area contributed by atoms with Gasteiger partial charge in [0.2, 0.25) is 0 Å². The van der Waals surface area contributed by atoms with E-state index < -0.39 is 6.10 Å². The second kappa shape index (κ2) is 66.4. The Morgan fingerprint density at radius 1 is 0.269 bits per heavy atom. The minimum atomic E-state index is -0.784. The highest BCUT2D eigenvalue weighted by Crippen LogP contribution is 2.18. The van der Waals surface area contributed by atoms with Crippen LogP contribution in [0.1, 0.15) is 348 Å². The third-order valence-electron chi connectivity index (χ3n) is 14.9. The fraction of sp³-hybridized carbons (Fsp3) is 0.792. The van der Waals surface area contributed by atoms with Gasteiger partial charge in [-0.3, -0.25) is 14.4 Å². The summed E-state index contributed by atoms with van der Waals surface area (Å²) in [5.74, 6) is -0.895. The third kappa shape index (κ3) is 63.7. The van der Waals surface area contributed by atoms with Gasteiger partial charge in [0, 0.05) is 19.3 Å². The van der Waals surface area contributed by atoms with Gasteiger partial charge in [-0.25, -0.2) is 0 Å². The van der Waals surface area contributed by atoms with Crippen molar-refractivity contribution in [3.63, 3.8) is 0 Å². The van der Waals surface area contributed by atoms with Gasteiger partial charge in [0.1, 0.15) is 13.2 Å². The van der Waals surface area contributed by atoms with Gasteiger partial charge in [0.15, 0.2) is 6.10 Å². The number of hydrogen-bond donors (Lipinski definition) is 0. The summed E-state index contributed by atoms with van der Waals surface area (Å²) in [6, 6.07) is 0. The Morgan fingerprint density at radius 3 is 0.782 bits per heavy atom. The molecule has 1 unspecified atom stereocenters. The second-order valence-corrected chi connectivity index (χ2v) is 22.7. The molecular formula is C72H128O6. The molecule has 0 fully saturated rings. The minimum Gasteiger partial charge on any atom is -0.462 e. The Kier molecular flexibility index (Phi) is 63.7. The fourth-order valence-corrected chi connectivity index (χ4v) is 9.88. The molecule has 6 nitrogen and oxygen atoms in total. The van der Waals surface area contributed by atoms with Crippen LogP contribution in [0.3, 0.4) is 0 Å². The van der Waals surface area contributed by atoms with E-state index in [0.717, 1.165) is 103 Å². The highest BCUT2D eigenvalue weighted by Gasteiger charge is 2.19. The molecule has 0 aromatic heterocycles. The molecule has 0 spiro atoms. The van der Waals surface area contributed by atoms with Crippen LogP contribution in [0, 0.1) is 0 Å². The minimum absolute atomic E-state index is 0.0813. The first kappa shape index (κ1) is 74.8. The summed E-state index contributed by atoms with van der Waals surface area (Å²) in [5.41, 5.74) is 0. The largest absolute Gasteiger partial charge is 0.462 e. The lowest BCUT2D eigenvalue weighted by molar-refractivity contribution is -0.167. The molecule has 0 heterocycles. The Labute approximate surface area is 484 Å². The fourth-order valence-electron chi connectivity index (χ4n) is 9.88. The van der Waals surface area contributed by atoms with E-state index in [2.05, 4.69) is 93.7 Å². The highest BCUT2D eigenvalue weighted by atomic mass is 16.6. The Bertz CT molecular complexity index is 1440. The van der Waals surface area contributed by atoms with E-state index in [1.54, 1.807) is 0 Å². The van der Waals surface area contributed by atoms with Crippen molar-refractivity contribution in [1.29, 1.82) is 0 Å². The summed E-state index contributed by atoms with van der Waals surface area (Å²) in [6.45, 7) is 6.50. The van der Waals surface area contributed by atoms with Gasteiger partial charge in [-0.2, -0.15) is 0 Å². The van der Waals surface area contributed by atoms with Crippen molar-refractivity contribution >= 4 is 17.9 Å². The Balaban J connectivity index is 4.00. The van der Waals surface area contributed by atoms with Crippen LogP contribution in [0.25, 0.3) is 0 Å². The molecule has 0 aliphatic carbocycles. The Morgan fingerprint density at radius 2 is 0.500 bits per heavy atom. The molecule has 0 radical (unpaired) electrons. The first-order valence-corrected chi connectivity index (χ1v) is 33.9. The number of allylic oxidation sites excluding steroid dienone is 12. The number of unbranched alkanes of at least 4 members (excludes halogenated alkanes) is 39. The van der Waals surface area contributed by atoms with Crippen LogP contribution in [0.4, 0.5) is 0 Å². The SMILES string of the molecule is CC/C=C\C/C=C\C/C=C\C/C=C\CCCCCCC(=O)OC(COC(=O)CCCCCCCCCC)COC(=O)CCCCCCCCCCCCCCCCCCCCCCCCC/C=C\C/C=C\CCCCCCC. The van der Waals surface area contributed by atoms with Crippen molar-refractivity contribution in [2.45, 2.75) is 354 Å². The number of hydrogen-bond acceptors (Lipinski definition) is 6. The molecule has 0 amide bonds. The maximum Gasteiger partial charge on any atom is 0.306 e. The number of rotatable bonds is 62. The van der Waals surface area contributed by atoms with Crippen LogP contribution < -0.4 is 0 Å². The van der Waals surface area contributed by atoms with E-state index in [-0.39, 0.29) is 31.1 Å². The van der Waals surface area contributed by atoms with E-state index in [9.17, 15) is 14.4 Å². The summed E-state index contributed by atoms with van der Waals surface area (Å²) >= 11 is 0. The van der Waals surface area contributed by atoms with Gasteiger partial charge >= 0.3 is 17.9 Å². The lowest BCUT2D eigenvalue weighted by atomic mass is 10.0. The van der Waals surface area contributed by atoms with Gasteiger partial charge in [0.05, 0.1) is 0 Å². The summed E-state index contributed by atoms with van der Waals surface area (Å²) < 4.78 is 16.8. The zero-order valence-corrected chi connectivity index (χ0v) is 51.9. The molecule has 78 heavy (non-hydrogen) atoms. The molecule has 0 saturated carbocycles. The van der Waals surface area contributed by atoms with Crippen molar-refractivity contribution in [3.05, 3.63) is 72.9 Å². The van der Waals surface area contributed by atoms with Gasteiger partial charge < -0.3 is 14.2 Å². The van der Waals surface area contributed by atoms with Crippen LogP contribution >= 0.6 is 0 Å². The van der Waals surface area contributed by atoms with Crippen LogP contribution in [0.15, 0.2) is 72.9 Å². The van der Waals surface area contributed by atoms with Gasteiger partial charge in [0.25, 0.3) is 0 Å². The van der Waals surface area contributed by atoms with Crippen molar-refractivity contribution < 1.29 is 28.6 Å². The molecule has 0 rings (SSSR count). The van der Waals surface area contributed by atoms with Crippen molar-refractivity contribution in [3.8, 4) is 0 Å². The van der Waals surface area contributed by atoms with Crippen LogP contribution in [0.5, 0.6) is 0 Å². The molecule has 1 atom stereocenters. The topological polar surface area (TPSA) is 78.9 Å². The molecular weight excluding hydrogens is 961 g/mol. The first-order chi connectivity index (χ1) is 38.5. The quantitative estimate of drug-likeness (QED) is 0.0261. The van der Waals surface area contributed by atoms with Crippen molar-refractivity contribution in [1.82, 2.24) is 0 Å². The summed E-state index contributed by atoms with van der Waals surface area (Å²) in [7, 11) is 0. The highest BCUT2D eigenvalue weighted by molar-refractivity contribution is 5.71. The molecule has 0 aliphatic rings. The lowest BCUT2D eigenvalue weighted by Gasteiger charge is -2.18. The summed E-state index contributed by atoms with van der Waals surface area (Å²) in [5, 5.41) is 0. The Hall–Kier alpha value is -3.15. The number of carbonyl (C=O) groups is 3. The molecule has 0 N–H and O–H groups in total. The maximum absolute atomic E-state index is 12.8. The number of carbonyl (C=O) groups excluding carboxylic acids is 3. The maximum atomic E-state index is 12.8. The van der Waals surface area contributed by atoms with E-state index in [4.69, 9.17) is 14.2 Å². The average Bonchev–Trinajstić information content (AvgIpc) is 3.44. The predicted molar refractivity (Wildman–Crippen MR) is 339 cm³/mol.